The van der Waals surface area contributed by atoms with Crippen LogP contribution in [0.2, 0.25) is 5.02 Å². The van der Waals surface area contributed by atoms with Crippen LogP contribution >= 0.6 is 19.4 Å². The van der Waals surface area contributed by atoms with Crippen molar-refractivity contribution in [3.8, 4) is 17.2 Å². The average molecular weight is 931 g/mol. The lowest BCUT2D eigenvalue weighted by molar-refractivity contribution is -0.118. The number of aliphatic hydroxyl groups is 1. The SMILES string of the molecule is CCN(CC)CC.COc1ccc(C(c2ccccc2)(c2ccc(OC)cc2)C(O)[C@H]2O[C@@H](n3cnc4c(=O)[nH]c(NC(=O)C(C)C)nc43)C[C@@H]2OP(=O)(O)Oc2ccccc2Cl)cc1. The highest BCUT2D eigenvalue weighted by Gasteiger charge is 2.54. The number of rotatable bonds is 17. The minimum atomic E-state index is -5.00. The minimum Gasteiger partial charge on any atom is -0.497 e. The summed E-state index contributed by atoms with van der Waals surface area (Å²) in [5.41, 5.74) is -0.192. The van der Waals surface area contributed by atoms with Gasteiger partial charge in [0.1, 0.15) is 41.8 Å². The Kier molecular flexibility index (Phi) is 16.2. The zero-order chi connectivity index (χ0) is 46.9. The summed E-state index contributed by atoms with van der Waals surface area (Å²) < 4.78 is 44.4. The molecule has 18 heteroatoms. The Balaban J connectivity index is 0.000000925. The van der Waals surface area contributed by atoms with Gasteiger partial charge in [-0.2, -0.15) is 4.98 Å². The number of methoxy groups -OCH3 is 2. The van der Waals surface area contributed by atoms with E-state index in [0.29, 0.717) is 28.2 Å². The van der Waals surface area contributed by atoms with Gasteiger partial charge in [-0.3, -0.25) is 33.9 Å². The van der Waals surface area contributed by atoms with Crippen LogP contribution in [0.4, 0.5) is 5.95 Å². The van der Waals surface area contributed by atoms with E-state index in [9.17, 15) is 24.2 Å². The number of aromatic amines is 1. The third kappa shape index (κ3) is 10.9. The number of nitrogens with one attached hydrogen (secondary N) is 2. The van der Waals surface area contributed by atoms with Crippen LogP contribution in [0.25, 0.3) is 11.2 Å². The van der Waals surface area contributed by atoms with E-state index in [1.807, 2.05) is 54.6 Å². The first kappa shape index (κ1) is 48.9. The van der Waals surface area contributed by atoms with Gasteiger partial charge in [-0.1, -0.05) is 113 Å². The Morgan fingerprint density at radius 2 is 1.48 bits per heavy atom. The first-order valence-corrected chi connectivity index (χ1v) is 23.2. The second-order valence-electron chi connectivity index (χ2n) is 15.5. The van der Waals surface area contributed by atoms with Gasteiger partial charge in [0.05, 0.1) is 31.0 Å². The van der Waals surface area contributed by atoms with E-state index in [2.05, 4.69) is 45.9 Å². The van der Waals surface area contributed by atoms with Crippen molar-refractivity contribution in [3.63, 3.8) is 0 Å². The molecule has 2 unspecified atom stereocenters. The summed E-state index contributed by atoms with van der Waals surface area (Å²) in [5, 5.41) is 15.9. The number of benzene rings is 4. The third-order valence-electron chi connectivity index (χ3n) is 11.4. The molecule has 2 aromatic heterocycles. The molecule has 4 N–H and O–H groups in total. The van der Waals surface area contributed by atoms with E-state index >= 15 is 0 Å². The standard InChI is InChI=1S/C41H41ClN5O10P.C6H15N/c1-24(2)38(49)45-40-44-37-34(39(50)46-40)43-23-47(37)33-22-32(57-58(51,52)56-31-13-9-8-12-30(31)42)35(55-33)36(48)41(25-10-6-5-7-11-25,26-14-18-28(53-3)19-15-26)27-16-20-29(54-4)21-17-27;1-4-7(5-2)6-3/h5-21,23-24,32-33,35-36,48H,22H2,1-4H3,(H,51,52)(H2,44,45,46,49,50);4-6H2,1-3H3/t32-,33+,35-,36?;/m0./s1. The number of carbonyl (C=O) groups excluding carboxylic acids is 1. The van der Waals surface area contributed by atoms with Crippen molar-refractivity contribution in [1.82, 2.24) is 24.4 Å². The molecule has 0 radical (unpaired) electrons. The molecule has 65 heavy (non-hydrogen) atoms. The van der Waals surface area contributed by atoms with Gasteiger partial charge in [0.2, 0.25) is 11.9 Å². The fraction of sp³-hybridized carbons (Fsp3) is 0.362. The number of ether oxygens (including phenoxy) is 3. The number of para-hydroxylation sites is 1. The fourth-order valence-corrected chi connectivity index (χ4v) is 9.08. The third-order valence-corrected chi connectivity index (χ3v) is 12.6. The van der Waals surface area contributed by atoms with Gasteiger partial charge in [0.15, 0.2) is 11.2 Å². The molecule has 3 heterocycles. The summed E-state index contributed by atoms with van der Waals surface area (Å²) in [7, 11) is -1.90. The minimum absolute atomic E-state index is 0.0424. The van der Waals surface area contributed by atoms with E-state index in [1.165, 1.54) is 42.7 Å². The molecular weight excluding hydrogens is 875 g/mol. The Morgan fingerprint density at radius 3 is 2.00 bits per heavy atom. The van der Waals surface area contributed by atoms with E-state index in [-0.39, 0.29) is 40.2 Å². The summed E-state index contributed by atoms with van der Waals surface area (Å²) in [6.07, 6.45) is -4.23. The van der Waals surface area contributed by atoms with E-state index in [0.717, 1.165) is 0 Å². The van der Waals surface area contributed by atoms with Crippen molar-refractivity contribution in [3.05, 3.63) is 142 Å². The zero-order valence-electron chi connectivity index (χ0n) is 37.4. The molecule has 5 atom stereocenters. The predicted molar refractivity (Wildman–Crippen MR) is 249 cm³/mol. The van der Waals surface area contributed by atoms with Gasteiger partial charge in [-0.25, -0.2) is 9.55 Å². The van der Waals surface area contributed by atoms with Crippen LogP contribution in [0.3, 0.4) is 0 Å². The fourth-order valence-electron chi connectivity index (χ4n) is 7.85. The molecule has 4 aromatic carbocycles. The molecule has 6 aromatic rings. The van der Waals surface area contributed by atoms with Gasteiger partial charge in [-0.05, 0) is 72.7 Å². The highest BCUT2D eigenvalue weighted by molar-refractivity contribution is 7.47. The van der Waals surface area contributed by atoms with Crippen molar-refractivity contribution in [2.75, 3.05) is 39.2 Å². The largest absolute Gasteiger partial charge is 0.527 e. The maximum absolute atomic E-state index is 13.9. The number of amides is 1. The number of nitrogens with zero attached hydrogens (tertiary/aromatic N) is 4. The number of halogens is 1. The first-order valence-electron chi connectivity index (χ1n) is 21.3. The number of phosphoric ester groups is 1. The number of carbonyl (C=O) groups is 1. The molecule has 0 saturated carbocycles. The van der Waals surface area contributed by atoms with Gasteiger partial charge in [-0.15, -0.1) is 0 Å². The number of aromatic nitrogens is 4. The Bertz CT molecular complexity index is 2550. The quantitative estimate of drug-likeness (QED) is 0.0508. The Labute approximate surface area is 383 Å². The molecule has 1 fully saturated rings. The first-order chi connectivity index (χ1) is 31.2. The number of H-pyrrole nitrogens is 1. The maximum atomic E-state index is 13.9. The summed E-state index contributed by atoms with van der Waals surface area (Å²) in [6.45, 7) is 13.5. The van der Waals surface area contributed by atoms with E-state index in [4.69, 9.17) is 34.9 Å². The van der Waals surface area contributed by atoms with Crippen LogP contribution in [0.1, 0.15) is 64.0 Å². The van der Waals surface area contributed by atoms with Crippen LogP contribution in [0.15, 0.2) is 114 Å². The van der Waals surface area contributed by atoms with Crippen molar-refractivity contribution in [2.45, 2.75) is 71.0 Å². The lowest BCUT2D eigenvalue weighted by Gasteiger charge is -2.43. The molecule has 1 aliphatic rings. The van der Waals surface area contributed by atoms with Crippen LogP contribution in [-0.4, -0.2) is 92.5 Å². The van der Waals surface area contributed by atoms with Crippen LogP contribution in [0, 0.1) is 5.92 Å². The topological polar surface area (TPSA) is 200 Å². The van der Waals surface area contributed by atoms with Crippen molar-refractivity contribution < 1.29 is 42.6 Å². The van der Waals surface area contributed by atoms with Gasteiger partial charge < -0.3 is 28.7 Å². The average Bonchev–Trinajstić information content (AvgIpc) is 3.93. The summed E-state index contributed by atoms with van der Waals surface area (Å²) in [6, 6.07) is 29.8. The molecule has 1 saturated heterocycles. The van der Waals surface area contributed by atoms with Crippen molar-refractivity contribution >= 4 is 42.4 Å². The monoisotopic (exact) mass is 930 g/mol. The zero-order valence-corrected chi connectivity index (χ0v) is 39.0. The molecule has 0 bridgehead atoms. The molecular formula is C47H56ClN6O10P. The summed E-state index contributed by atoms with van der Waals surface area (Å²) in [4.78, 5) is 50.6. The number of aliphatic hydroxyl groups excluding tert-OH is 1. The number of imidazole rings is 1. The number of hydrogen-bond acceptors (Lipinski definition) is 12. The van der Waals surface area contributed by atoms with Crippen molar-refractivity contribution in [1.29, 1.82) is 0 Å². The smallest absolute Gasteiger partial charge is 0.497 e. The molecule has 346 valence electrons. The number of fused-ring (bicyclic) bond motifs is 1. The molecule has 1 amide bonds. The summed E-state index contributed by atoms with van der Waals surface area (Å²) >= 11 is 6.29. The Hall–Kier alpha value is -5.58. The number of phosphoric acid groups is 1. The second-order valence-corrected chi connectivity index (χ2v) is 17.2. The lowest BCUT2D eigenvalue weighted by Crippen LogP contribution is -2.51. The molecule has 0 spiro atoms. The number of anilines is 1. The highest BCUT2D eigenvalue weighted by atomic mass is 35.5. The van der Waals surface area contributed by atoms with Crippen molar-refractivity contribution in [2.24, 2.45) is 5.92 Å². The summed E-state index contributed by atoms with van der Waals surface area (Å²) in [5.74, 6) is 0.143. The molecule has 0 aliphatic carbocycles. The van der Waals surface area contributed by atoms with Gasteiger partial charge in [0, 0.05) is 12.3 Å². The predicted octanol–water partition coefficient (Wildman–Crippen LogP) is 7.98. The Morgan fingerprint density at radius 1 is 0.923 bits per heavy atom. The van der Waals surface area contributed by atoms with Crippen LogP contribution in [0.5, 0.6) is 17.2 Å². The normalized spacial score (nSPS) is 17.6. The molecule has 16 nitrogen and oxygen atoms in total. The van der Waals surface area contributed by atoms with E-state index < -0.39 is 49.3 Å². The molecule has 1 aliphatic heterocycles. The number of hydrogen-bond donors (Lipinski definition) is 4. The molecule has 7 rings (SSSR count). The second kappa shape index (κ2) is 21.6. The van der Waals surface area contributed by atoms with Crippen LogP contribution < -0.4 is 24.9 Å². The highest BCUT2D eigenvalue weighted by Crippen LogP contribution is 2.53. The lowest BCUT2D eigenvalue weighted by atomic mass is 9.64. The van der Waals surface area contributed by atoms with E-state index in [1.54, 1.807) is 64.5 Å². The van der Waals surface area contributed by atoms with Gasteiger partial charge >= 0.3 is 7.82 Å². The maximum Gasteiger partial charge on any atom is 0.527 e. The van der Waals surface area contributed by atoms with Crippen LogP contribution in [-0.2, 0) is 24.0 Å². The van der Waals surface area contributed by atoms with Gasteiger partial charge in [0.25, 0.3) is 5.56 Å².